The van der Waals surface area contributed by atoms with Crippen molar-refractivity contribution >= 4 is 18.3 Å². The summed E-state index contributed by atoms with van der Waals surface area (Å²) in [6.45, 7) is 2.98. The molecule has 1 aromatic carbocycles. The summed E-state index contributed by atoms with van der Waals surface area (Å²) in [7, 11) is 1.61. The van der Waals surface area contributed by atoms with Crippen molar-refractivity contribution in [3.63, 3.8) is 0 Å². The number of benzene rings is 1. The summed E-state index contributed by atoms with van der Waals surface area (Å²) >= 11 is 0. The van der Waals surface area contributed by atoms with Gasteiger partial charge in [-0.1, -0.05) is 0 Å². The third kappa shape index (κ3) is 5.09. The van der Waals surface area contributed by atoms with Crippen molar-refractivity contribution in [1.29, 1.82) is 0 Å². The van der Waals surface area contributed by atoms with Crippen LogP contribution in [0.4, 0.5) is 5.95 Å². The maximum atomic E-state index is 12.6. The summed E-state index contributed by atoms with van der Waals surface area (Å²) in [5.41, 5.74) is 0.327. The van der Waals surface area contributed by atoms with Crippen molar-refractivity contribution < 1.29 is 19.1 Å². The summed E-state index contributed by atoms with van der Waals surface area (Å²) in [5.74, 6) is 1.72. The van der Waals surface area contributed by atoms with E-state index in [-0.39, 0.29) is 5.91 Å². The Kier molecular flexibility index (Phi) is 6.61. The van der Waals surface area contributed by atoms with Crippen LogP contribution in [0.1, 0.15) is 10.5 Å². The van der Waals surface area contributed by atoms with E-state index in [1.54, 1.807) is 29.2 Å². The maximum Gasteiger partial charge on any atom is 0.272 e. The van der Waals surface area contributed by atoms with E-state index < -0.39 is 0 Å². The third-order valence-corrected chi connectivity index (χ3v) is 4.34. The van der Waals surface area contributed by atoms with Gasteiger partial charge in [-0.15, -0.1) is 0 Å². The summed E-state index contributed by atoms with van der Waals surface area (Å²) in [6.07, 6.45) is 2.36. The van der Waals surface area contributed by atoms with E-state index in [4.69, 9.17) is 9.47 Å². The SMILES string of the molecule is COc1ccc(OCCNc2nccc(C(=O)N3CCN(C=O)CC3)n2)cc1. The predicted molar refractivity (Wildman–Crippen MR) is 103 cm³/mol. The quantitative estimate of drug-likeness (QED) is 0.532. The Morgan fingerprint density at radius 2 is 1.86 bits per heavy atom. The molecule has 28 heavy (non-hydrogen) atoms. The molecule has 0 saturated carbocycles. The summed E-state index contributed by atoms with van der Waals surface area (Å²) in [6, 6.07) is 8.91. The summed E-state index contributed by atoms with van der Waals surface area (Å²) < 4.78 is 10.7. The molecular weight excluding hydrogens is 362 g/mol. The van der Waals surface area contributed by atoms with Crippen molar-refractivity contribution in [3.8, 4) is 11.5 Å². The van der Waals surface area contributed by atoms with E-state index in [0.29, 0.717) is 51.0 Å². The van der Waals surface area contributed by atoms with Gasteiger partial charge in [-0.25, -0.2) is 9.97 Å². The third-order valence-electron chi connectivity index (χ3n) is 4.34. The van der Waals surface area contributed by atoms with Gasteiger partial charge in [0, 0.05) is 32.4 Å². The number of anilines is 1. The largest absolute Gasteiger partial charge is 0.497 e. The molecular formula is C19H23N5O4. The van der Waals surface area contributed by atoms with Crippen LogP contribution in [0.2, 0.25) is 0 Å². The molecule has 148 valence electrons. The average Bonchev–Trinajstić information content (AvgIpc) is 2.77. The highest BCUT2D eigenvalue weighted by molar-refractivity contribution is 5.92. The molecule has 2 heterocycles. The summed E-state index contributed by atoms with van der Waals surface area (Å²) in [4.78, 5) is 35.1. The topological polar surface area (TPSA) is 96.9 Å². The Hall–Kier alpha value is -3.36. The standard InChI is InChI=1S/C19H23N5O4/c1-27-15-2-4-16(5-3-15)28-13-8-21-19-20-7-6-17(22-19)18(26)24-11-9-23(14-25)10-12-24/h2-7,14H,8-13H2,1H3,(H,20,21,22). The molecule has 1 saturated heterocycles. The van der Waals surface area contributed by atoms with Gasteiger partial charge in [-0.05, 0) is 30.3 Å². The molecule has 2 aromatic rings. The Balaban J connectivity index is 1.47. The molecule has 1 fully saturated rings. The minimum Gasteiger partial charge on any atom is -0.497 e. The molecule has 0 bridgehead atoms. The zero-order valence-electron chi connectivity index (χ0n) is 15.7. The van der Waals surface area contributed by atoms with Gasteiger partial charge in [-0.2, -0.15) is 0 Å². The zero-order chi connectivity index (χ0) is 19.8. The van der Waals surface area contributed by atoms with E-state index in [2.05, 4.69) is 15.3 Å². The number of ether oxygens (including phenoxy) is 2. The fourth-order valence-electron chi connectivity index (χ4n) is 2.76. The molecule has 1 aliphatic rings. The van der Waals surface area contributed by atoms with Gasteiger partial charge in [0.2, 0.25) is 12.4 Å². The van der Waals surface area contributed by atoms with Crippen LogP contribution in [0.3, 0.4) is 0 Å². The molecule has 0 aliphatic carbocycles. The molecule has 2 amide bonds. The first-order chi connectivity index (χ1) is 13.7. The second-order valence-electron chi connectivity index (χ2n) is 6.15. The number of carbonyl (C=O) groups excluding carboxylic acids is 2. The summed E-state index contributed by atoms with van der Waals surface area (Å²) in [5, 5.41) is 3.05. The highest BCUT2D eigenvalue weighted by Gasteiger charge is 2.22. The van der Waals surface area contributed by atoms with Gasteiger partial charge < -0.3 is 24.6 Å². The first kappa shape index (κ1) is 19.4. The maximum absolute atomic E-state index is 12.6. The van der Waals surface area contributed by atoms with Crippen LogP contribution in [-0.2, 0) is 4.79 Å². The molecule has 1 aliphatic heterocycles. The molecule has 9 heteroatoms. The number of hydrogen-bond acceptors (Lipinski definition) is 7. The minimum atomic E-state index is -0.162. The van der Waals surface area contributed by atoms with E-state index in [9.17, 15) is 9.59 Å². The van der Waals surface area contributed by atoms with Crippen molar-refractivity contribution in [1.82, 2.24) is 19.8 Å². The predicted octanol–water partition coefficient (Wildman–Crippen LogP) is 0.890. The fraction of sp³-hybridized carbons (Fsp3) is 0.368. The number of nitrogens with one attached hydrogen (secondary N) is 1. The number of nitrogens with zero attached hydrogens (tertiary/aromatic N) is 4. The van der Waals surface area contributed by atoms with Crippen molar-refractivity contribution in [3.05, 3.63) is 42.2 Å². The first-order valence-electron chi connectivity index (χ1n) is 9.02. The van der Waals surface area contributed by atoms with Gasteiger partial charge in [0.1, 0.15) is 23.8 Å². The highest BCUT2D eigenvalue weighted by Crippen LogP contribution is 2.16. The number of aromatic nitrogens is 2. The van der Waals surface area contributed by atoms with Crippen molar-refractivity contribution in [2.75, 3.05) is 51.8 Å². The van der Waals surface area contributed by atoms with Crippen LogP contribution >= 0.6 is 0 Å². The van der Waals surface area contributed by atoms with Crippen molar-refractivity contribution in [2.45, 2.75) is 0 Å². The van der Waals surface area contributed by atoms with Crippen LogP contribution in [0.15, 0.2) is 36.5 Å². The lowest BCUT2D eigenvalue weighted by atomic mass is 10.3. The number of amides is 2. The van der Waals surface area contributed by atoms with E-state index in [1.165, 1.54) is 0 Å². The second-order valence-corrected chi connectivity index (χ2v) is 6.15. The normalized spacial score (nSPS) is 13.8. The second kappa shape index (κ2) is 9.54. The van der Waals surface area contributed by atoms with Crippen LogP contribution in [0.25, 0.3) is 0 Å². The monoisotopic (exact) mass is 385 g/mol. The van der Waals surface area contributed by atoms with Gasteiger partial charge in [0.05, 0.1) is 13.7 Å². The molecule has 0 spiro atoms. The van der Waals surface area contributed by atoms with E-state index >= 15 is 0 Å². The molecule has 1 aromatic heterocycles. The molecule has 0 unspecified atom stereocenters. The lowest BCUT2D eigenvalue weighted by molar-refractivity contribution is -0.119. The smallest absolute Gasteiger partial charge is 0.272 e. The van der Waals surface area contributed by atoms with Crippen LogP contribution in [0, 0.1) is 0 Å². The molecule has 9 nitrogen and oxygen atoms in total. The van der Waals surface area contributed by atoms with Crippen molar-refractivity contribution in [2.24, 2.45) is 0 Å². The van der Waals surface area contributed by atoms with Crippen LogP contribution in [-0.4, -0.2) is 78.5 Å². The fourth-order valence-corrected chi connectivity index (χ4v) is 2.76. The average molecular weight is 385 g/mol. The minimum absolute atomic E-state index is 0.162. The first-order valence-corrected chi connectivity index (χ1v) is 9.02. The van der Waals surface area contributed by atoms with Gasteiger partial charge in [0.25, 0.3) is 5.91 Å². The highest BCUT2D eigenvalue weighted by atomic mass is 16.5. The molecule has 0 radical (unpaired) electrons. The number of methoxy groups -OCH3 is 1. The van der Waals surface area contributed by atoms with Gasteiger partial charge >= 0.3 is 0 Å². The lowest BCUT2D eigenvalue weighted by Gasteiger charge is -2.32. The Morgan fingerprint density at radius 3 is 2.54 bits per heavy atom. The van der Waals surface area contributed by atoms with E-state index in [0.717, 1.165) is 17.9 Å². The number of rotatable bonds is 8. The Morgan fingerprint density at radius 1 is 1.14 bits per heavy atom. The van der Waals surface area contributed by atoms with Gasteiger partial charge in [0.15, 0.2) is 0 Å². The number of carbonyl (C=O) groups is 2. The zero-order valence-corrected chi connectivity index (χ0v) is 15.7. The number of piperazine rings is 1. The van der Waals surface area contributed by atoms with Crippen LogP contribution < -0.4 is 14.8 Å². The van der Waals surface area contributed by atoms with Gasteiger partial charge in [-0.3, -0.25) is 9.59 Å². The molecule has 3 rings (SSSR count). The van der Waals surface area contributed by atoms with Crippen LogP contribution in [0.5, 0.6) is 11.5 Å². The molecule has 1 N–H and O–H groups in total. The number of hydrogen-bond donors (Lipinski definition) is 1. The lowest BCUT2D eigenvalue weighted by Crippen LogP contribution is -2.48. The van der Waals surface area contributed by atoms with E-state index in [1.807, 2.05) is 24.3 Å². The molecule has 0 atom stereocenters. The Labute approximate surface area is 163 Å². The Bertz CT molecular complexity index is 791.